The molecule has 1 heterocycles. The van der Waals surface area contributed by atoms with Crippen LogP contribution in [0.15, 0.2) is 65.6 Å². The van der Waals surface area contributed by atoms with E-state index in [0.29, 0.717) is 12.1 Å². The Balaban J connectivity index is 1.84. The topological polar surface area (TPSA) is 48.0 Å². The van der Waals surface area contributed by atoms with Gasteiger partial charge in [0.25, 0.3) is 0 Å². The number of aromatic nitrogens is 1. The molecular weight excluding hydrogens is 421 g/mol. The van der Waals surface area contributed by atoms with E-state index in [1.165, 1.54) is 17.7 Å². The standard InChI is InChI=1S/C24H21F3N2OS/c1-2-4-15-9-12-18-21(13-15)29(20-6-3-5-19(22(18)20)23(28)30)14-16-7-10-17(11-8-16)31-24(25,26)27/h3,5-13H,2,4,14H2,1H3,(H2,28,30). The number of amides is 1. The van der Waals surface area contributed by atoms with Crippen molar-refractivity contribution in [1.82, 2.24) is 4.57 Å². The van der Waals surface area contributed by atoms with Crippen molar-refractivity contribution in [2.24, 2.45) is 5.73 Å². The fraction of sp³-hybridized carbons (Fsp3) is 0.208. The second kappa shape index (κ2) is 8.30. The van der Waals surface area contributed by atoms with Crippen LogP contribution in [0.25, 0.3) is 21.8 Å². The highest BCUT2D eigenvalue weighted by Gasteiger charge is 2.29. The lowest BCUT2D eigenvalue weighted by molar-refractivity contribution is -0.0328. The molecule has 0 spiro atoms. The molecule has 0 aliphatic rings. The number of nitrogens with zero attached hydrogens (tertiary/aromatic N) is 1. The number of alkyl halides is 3. The Bertz CT molecular complexity index is 1260. The van der Waals surface area contributed by atoms with E-state index in [1.54, 1.807) is 24.3 Å². The second-order valence-electron chi connectivity index (χ2n) is 7.44. The number of hydrogen-bond acceptors (Lipinski definition) is 2. The summed E-state index contributed by atoms with van der Waals surface area (Å²) in [6.07, 6.45) is 1.94. The van der Waals surface area contributed by atoms with E-state index in [9.17, 15) is 18.0 Å². The molecule has 0 aliphatic carbocycles. The van der Waals surface area contributed by atoms with Gasteiger partial charge in [-0.1, -0.05) is 43.7 Å². The van der Waals surface area contributed by atoms with Gasteiger partial charge in [-0.3, -0.25) is 4.79 Å². The maximum Gasteiger partial charge on any atom is 0.446 e. The van der Waals surface area contributed by atoms with Crippen LogP contribution in [-0.2, 0) is 13.0 Å². The number of thioether (sulfide) groups is 1. The Morgan fingerprint density at radius 1 is 1.00 bits per heavy atom. The molecule has 0 fully saturated rings. The number of carbonyl (C=O) groups excluding carboxylic acids is 1. The van der Waals surface area contributed by atoms with Crippen LogP contribution in [-0.4, -0.2) is 16.0 Å². The van der Waals surface area contributed by atoms with E-state index in [0.717, 1.165) is 40.2 Å². The van der Waals surface area contributed by atoms with Crippen LogP contribution in [0.1, 0.15) is 34.8 Å². The molecule has 160 valence electrons. The molecule has 1 aromatic heterocycles. The van der Waals surface area contributed by atoms with Gasteiger partial charge >= 0.3 is 5.51 Å². The molecule has 0 radical (unpaired) electrons. The van der Waals surface area contributed by atoms with Crippen molar-refractivity contribution in [2.75, 3.05) is 0 Å². The lowest BCUT2D eigenvalue weighted by Gasteiger charge is -2.10. The van der Waals surface area contributed by atoms with Gasteiger partial charge in [0.05, 0.1) is 5.52 Å². The number of hydrogen-bond donors (Lipinski definition) is 1. The zero-order valence-corrected chi connectivity index (χ0v) is 17.7. The Hall–Kier alpha value is -2.93. The molecule has 2 N–H and O–H groups in total. The molecular formula is C24H21F3N2OS. The average molecular weight is 443 g/mol. The van der Waals surface area contributed by atoms with Crippen LogP contribution in [0.3, 0.4) is 0 Å². The number of halogens is 3. The third-order valence-corrected chi connectivity index (χ3v) is 6.00. The van der Waals surface area contributed by atoms with Crippen molar-refractivity contribution >= 4 is 39.5 Å². The zero-order valence-electron chi connectivity index (χ0n) is 16.9. The van der Waals surface area contributed by atoms with E-state index in [4.69, 9.17) is 5.73 Å². The molecule has 4 rings (SSSR count). The Morgan fingerprint density at radius 3 is 2.35 bits per heavy atom. The molecule has 0 bridgehead atoms. The van der Waals surface area contributed by atoms with Crippen LogP contribution >= 0.6 is 11.8 Å². The highest BCUT2D eigenvalue weighted by Crippen LogP contribution is 2.37. The van der Waals surface area contributed by atoms with E-state index in [-0.39, 0.29) is 16.7 Å². The van der Waals surface area contributed by atoms with Crippen molar-refractivity contribution in [2.45, 2.75) is 36.7 Å². The lowest BCUT2D eigenvalue weighted by Crippen LogP contribution is -2.11. The SMILES string of the molecule is CCCc1ccc2c3c(C(N)=O)cccc3n(Cc3ccc(SC(F)(F)F)cc3)c2c1. The van der Waals surface area contributed by atoms with Crippen molar-refractivity contribution in [3.63, 3.8) is 0 Å². The fourth-order valence-electron chi connectivity index (χ4n) is 3.99. The first-order valence-corrected chi connectivity index (χ1v) is 10.8. The molecule has 0 unspecified atom stereocenters. The normalized spacial score (nSPS) is 12.0. The van der Waals surface area contributed by atoms with E-state index < -0.39 is 11.4 Å². The highest BCUT2D eigenvalue weighted by molar-refractivity contribution is 8.00. The Morgan fingerprint density at radius 2 is 1.71 bits per heavy atom. The summed E-state index contributed by atoms with van der Waals surface area (Å²) in [6.45, 7) is 2.58. The van der Waals surface area contributed by atoms with Crippen molar-refractivity contribution < 1.29 is 18.0 Å². The molecule has 0 aliphatic heterocycles. The number of carbonyl (C=O) groups is 1. The number of nitrogens with two attached hydrogens (primary N) is 1. The van der Waals surface area contributed by atoms with Crippen molar-refractivity contribution in [3.8, 4) is 0 Å². The summed E-state index contributed by atoms with van der Waals surface area (Å²) >= 11 is -0.123. The number of benzene rings is 3. The molecule has 7 heteroatoms. The van der Waals surface area contributed by atoms with Crippen molar-refractivity contribution in [1.29, 1.82) is 0 Å². The number of rotatable bonds is 6. The van der Waals surface area contributed by atoms with Crippen LogP contribution in [0, 0.1) is 0 Å². The number of fused-ring (bicyclic) bond motifs is 3. The van der Waals surface area contributed by atoms with Gasteiger partial charge in [-0.2, -0.15) is 13.2 Å². The molecule has 0 atom stereocenters. The van der Waals surface area contributed by atoms with Gasteiger partial charge in [-0.25, -0.2) is 0 Å². The maximum absolute atomic E-state index is 12.6. The van der Waals surface area contributed by atoms with Crippen molar-refractivity contribution in [3.05, 3.63) is 77.4 Å². The summed E-state index contributed by atoms with van der Waals surface area (Å²) in [4.78, 5) is 12.2. The summed E-state index contributed by atoms with van der Waals surface area (Å²) in [6, 6.07) is 18.1. The number of aryl methyl sites for hydroxylation is 1. The van der Waals surface area contributed by atoms with Crippen LogP contribution in [0.5, 0.6) is 0 Å². The first-order chi connectivity index (χ1) is 14.8. The second-order valence-corrected chi connectivity index (χ2v) is 8.58. The predicted octanol–water partition coefficient (Wildman–Crippen LogP) is 6.51. The first-order valence-electron chi connectivity index (χ1n) is 9.95. The Labute approximate surface area is 182 Å². The first kappa shape index (κ1) is 21.3. The third-order valence-electron chi connectivity index (χ3n) is 5.26. The maximum atomic E-state index is 12.6. The minimum absolute atomic E-state index is 0.123. The quantitative estimate of drug-likeness (QED) is 0.346. The average Bonchev–Trinajstić information content (AvgIpc) is 3.02. The van der Waals surface area contributed by atoms with Gasteiger partial charge in [-0.15, -0.1) is 0 Å². The number of primary amides is 1. The summed E-state index contributed by atoms with van der Waals surface area (Å²) in [5.74, 6) is -0.490. The molecule has 31 heavy (non-hydrogen) atoms. The van der Waals surface area contributed by atoms with E-state index in [1.807, 2.05) is 12.1 Å². The molecule has 0 saturated carbocycles. The molecule has 3 nitrogen and oxygen atoms in total. The van der Waals surface area contributed by atoms with Gasteiger partial charge in [0.1, 0.15) is 0 Å². The van der Waals surface area contributed by atoms with Crippen LogP contribution in [0.2, 0.25) is 0 Å². The summed E-state index contributed by atoms with van der Waals surface area (Å²) in [5.41, 5.74) is 5.69. The largest absolute Gasteiger partial charge is 0.446 e. The zero-order chi connectivity index (χ0) is 22.2. The monoisotopic (exact) mass is 442 g/mol. The van der Waals surface area contributed by atoms with Gasteiger partial charge in [0, 0.05) is 33.3 Å². The third kappa shape index (κ3) is 4.42. The minimum atomic E-state index is -4.31. The predicted molar refractivity (Wildman–Crippen MR) is 119 cm³/mol. The minimum Gasteiger partial charge on any atom is -0.366 e. The smallest absolute Gasteiger partial charge is 0.366 e. The van der Waals surface area contributed by atoms with Crippen LogP contribution in [0.4, 0.5) is 13.2 Å². The molecule has 3 aromatic carbocycles. The summed E-state index contributed by atoms with van der Waals surface area (Å²) in [7, 11) is 0. The van der Waals surface area contributed by atoms with Gasteiger partial charge in [0.15, 0.2) is 0 Å². The Kier molecular flexibility index (Phi) is 5.71. The van der Waals surface area contributed by atoms with E-state index in [2.05, 4.69) is 23.6 Å². The summed E-state index contributed by atoms with van der Waals surface area (Å²) < 4.78 is 40.0. The summed E-state index contributed by atoms with van der Waals surface area (Å²) in [5, 5.41) is 1.74. The van der Waals surface area contributed by atoms with Gasteiger partial charge in [-0.05, 0) is 59.6 Å². The van der Waals surface area contributed by atoms with Gasteiger partial charge < -0.3 is 10.3 Å². The van der Waals surface area contributed by atoms with Gasteiger partial charge in [0.2, 0.25) is 5.91 Å². The molecule has 1 amide bonds. The lowest BCUT2D eigenvalue weighted by atomic mass is 10.0. The molecule has 4 aromatic rings. The molecule has 0 saturated heterocycles. The van der Waals surface area contributed by atoms with E-state index >= 15 is 0 Å². The van der Waals surface area contributed by atoms with Crippen LogP contribution < -0.4 is 5.73 Å². The highest BCUT2D eigenvalue weighted by atomic mass is 32.2. The fourth-order valence-corrected chi connectivity index (χ4v) is 4.53.